The lowest BCUT2D eigenvalue weighted by Crippen LogP contribution is -2.37. The number of aliphatic hydroxyl groups is 1. The molecule has 0 bridgehead atoms. The van der Waals surface area contributed by atoms with Crippen molar-refractivity contribution in [2.75, 3.05) is 0 Å². The monoisotopic (exact) mass is 188 g/mol. The highest BCUT2D eigenvalue weighted by Crippen LogP contribution is 2.49. The number of aryl methyl sites for hydroxylation is 1. The minimum absolute atomic E-state index is 0.477. The molecule has 1 aromatic rings. The van der Waals surface area contributed by atoms with Crippen LogP contribution in [0.5, 0.6) is 0 Å². The molecular formula is C13H16O. The SMILES string of the molecule is OC1(C2CCC2)CCc2ccccc21. The van der Waals surface area contributed by atoms with Crippen molar-refractivity contribution in [3.8, 4) is 0 Å². The topological polar surface area (TPSA) is 20.2 Å². The zero-order valence-corrected chi connectivity index (χ0v) is 8.37. The Morgan fingerprint density at radius 1 is 1.21 bits per heavy atom. The minimum atomic E-state index is -0.477. The Bertz CT molecular complexity index is 354. The van der Waals surface area contributed by atoms with E-state index < -0.39 is 5.60 Å². The summed E-state index contributed by atoms with van der Waals surface area (Å²) in [5.74, 6) is 0.533. The standard InChI is InChI=1S/C13H16O/c14-13(11-5-3-6-11)9-8-10-4-1-2-7-12(10)13/h1-2,4,7,11,14H,3,5-6,8-9H2. The number of hydrogen-bond acceptors (Lipinski definition) is 1. The van der Waals surface area contributed by atoms with E-state index in [-0.39, 0.29) is 0 Å². The predicted octanol–water partition coefficient (Wildman–Crippen LogP) is 2.62. The van der Waals surface area contributed by atoms with Crippen LogP contribution in [0.1, 0.15) is 36.8 Å². The largest absolute Gasteiger partial charge is 0.385 e. The highest BCUT2D eigenvalue weighted by molar-refractivity contribution is 5.38. The first-order chi connectivity index (χ1) is 6.81. The molecule has 2 aliphatic carbocycles. The van der Waals surface area contributed by atoms with E-state index in [1.165, 1.54) is 30.4 Å². The summed E-state index contributed by atoms with van der Waals surface area (Å²) >= 11 is 0. The summed E-state index contributed by atoms with van der Waals surface area (Å²) in [5.41, 5.74) is 2.10. The molecule has 3 rings (SSSR count). The van der Waals surface area contributed by atoms with Crippen LogP contribution in [0, 0.1) is 5.92 Å². The highest BCUT2D eigenvalue weighted by atomic mass is 16.3. The van der Waals surface area contributed by atoms with Gasteiger partial charge in [-0.1, -0.05) is 30.7 Å². The minimum Gasteiger partial charge on any atom is -0.385 e. The van der Waals surface area contributed by atoms with Crippen LogP contribution in [0.4, 0.5) is 0 Å². The fraction of sp³-hybridized carbons (Fsp3) is 0.538. The van der Waals surface area contributed by atoms with Crippen molar-refractivity contribution in [3.05, 3.63) is 35.4 Å². The van der Waals surface area contributed by atoms with Crippen molar-refractivity contribution in [2.24, 2.45) is 5.92 Å². The average Bonchev–Trinajstić information content (AvgIpc) is 2.43. The Kier molecular flexibility index (Phi) is 1.72. The number of hydrogen-bond donors (Lipinski definition) is 1. The molecular weight excluding hydrogens is 172 g/mol. The Morgan fingerprint density at radius 3 is 2.71 bits per heavy atom. The van der Waals surface area contributed by atoms with Gasteiger partial charge in [-0.2, -0.15) is 0 Å². The molecule has 0 spiro atoms. The first-order valence-corrected chi connectivity index (χ1v) is 5.61. The second-order valence-corrected chi connectivity index (χ2v) is 4.71. The molecule has 1 unspecified atom stereocenters. The lowest BCUT2D eigenvalue weighted by molar-refractivity contribution is -0.0545. The van der Waals surface area contributed by atoms with Crippen LogP contribution in [0.2, 0.25) is 0 Å². The summed E-state index contributed by atoms with van der Waals surface area (Å²) in [7, 11) is 0. The summed E-state index contributed by atoms with van der Waals surface area (Å²) in [5, 5.41) is 10.7. The molecule has 0 amide bonds. The summed E-state index contributed by atoms with van der Waals surface area (Å²) in [6, 6.07) is 8.39. The predicted molar refractivity (Wildman–Crippen MR) is 56.0 cm³/mol. The van der Waals surface area contributed by atoms with E-state index in [1.54, 1.807) is 0 Å². The Balaban J connectivity index is 2.03. The van der Waals surface area contributed by atoms with E-state index in [4.69, 9.17) is 0 Å². The molecule has 1 saturated carbocycles. The lowest BCUT2D eigenvalue weighted by atomic mass is 9.70. The fourth-order valence-corrected chi connectivity index (χ4v) is 2.93. The molecule has 0 aromatic heterocycles. The molecule has 1 N–H and O–H groups in total. The van der Waals surface area contributed by atoms with E-state index in [0.29, 0.717) is 5.92 Å². The first kappa shape index (κ1) is 8.49. The van der Waals surface area contributed by atoms with E-state index in [1.807, 2.05) is 6.07 Å². The summed E-state index contributed by atoms with van der Waals surface area (Å²) in [6.45, 7) is 0. The lowest BCUT2D eigenvalue weighted by Gasteiger charge is -2.39. The van der Waals surface area contributed by atoms with Crippen LogP contribution in [0.25, 0.3) is 0 Å². The third kappa shape index (κ3) is 0.992. The molecule has 0 heterocycles. The van der Waals surface area contributed by atoms with Gasteiger partial charge in [0.2, 0.25) is 0 Å². The number of fused-ring (bicyclic) bond motifs is 1. The van der Waals surface area contributed by atoms with Crippen LogP contribution >= 0.6 is 0 Å². The van der Waals surface area contributed by atoms with Crippen molar-refractivity contribution in [1.29, 1.82) is 0 Å². The highest BCUT2D eigenvalue weighted by Gasteiger charge is 2.45. The molecule has 14 heavy (non-hydrogen) atoms. The van der Waals surface area contributed by atoms with Crippen molar-refractivity contribution in [2.45, 2.75) is 37.7 Å². The van der Waals surface area contributed by atoms with Crippen molar-refractivity contribution in [3.63, 3.8) is 0 Å². The first-order valence-electron chi connectivity index (χ1n) is 5.61. The second kappa shape index (κ2) is 2.83. The Labute approximate surface area is 84.8 Å². The molecule has 0 aliphatic heterocycles. The molecule has 0 radical (unpaired) electrons. The van der Waals surface area contributed by atoms with E-state index in [0.717, 1.165) is 12.8 Å². The smallest absolute Gasteiger partial charge is 0.0930 e. The third-order valence-electron chi connectivity index (χ3n) is 4.04. The van der Waals surface area contributed by atoms with Gasteiger partial charge in [-0.15, -0.1) is 0 Å². The molecule has 1 atom stereocenters. The number of rotatable bonds is 1. The van der Waals surface area contributed by atoms with Crippen LogP contribution in [-0.2, 0) is 12.0 Å². The second-order valence-electron chi connectivity index (χ2n) is 4.71. The summed E-state index contributed by atoms with van der Waals surface area (Å²) in [6.07, 6.45) is 5.73. The van der Waals surface area contributed by atoms with Gasteiger partial charge >= 0.3 is 0 Å². The summed E-state index contributed by atoms with van der Waals surface area (Å²) in [4.78, 5) is 0. The van der Waals surface area contributed by atoms with Gasteiger partial charge in [-0.3, -0.25) is 0 Å². The van der Waals surface area contributed by atoms with Crippen LogP contribution in [-0.4, -0.2) is 5.11 Å². The van der Waals surface area contributed by atoms with Gasteiger partial charge in [0.1, 0.15) is 0 Å². The van der Waals surface area contributed by atoms with Crippen LogP contribution in [0.15, 0.2) is 24.3 Å². The average molecular weight is 188 g/mol. The molecule has 1 aromatic carbocycles. The maximum atomic E-state index is 10.7. The zero-order chi connectivity index (χ0) is 9.60. The van der Waals surface area contributed by atoms with Crippen LogP contribution < -0.4 is 0 Å². The maximum absolute atomic E-state index is 10.7. The van der Waals surface area contributed by atoms with Gasteiger partial charge in [0, 0.05) is 0 Å². The molecule has 1 fully saturated rings. The van der Waals surface area contributed by atoms with E-state index in [9.17, 15) is 5.11 Å². The van der Waals surface area contributed by atoms with Crippen molar-refractivity contribution >= 4 is 0 Å². The van der Waals surface area contributed by atoms with E-state index >= 15 is 0 Å². The van der Waals surface area contributed by atoms with Crippen molar-refractivity contribution in [1.82, 2.24) is 0 Å². The fourth-order valence-electron chi connectivity index (χ4n) is 2.93. The van der Waals surface area contributed by atoms with Gasteiger partial charge in [-0.05, 0) is 42.7 Å². The van der Waals surface area contributed by atoms with Gasteiger partial charge in [0.25, 0.3) is 0 Å². The van der Waals surface area contributed by atoms with E-state index in [2.05, 4.69) is 18.2 Å². The zero-order valence-electron chi connectivity index (χ0n) is 8.37. The molecule has 1 nitrogen and oxygen atoms in total. The molecule has 0 saturated heterocycles. The van der Waals surface area contributed by atoms with Gasteiger partial charge < -0.3 is 5.11 Å². The van der Waals surface area contributed by atoms with Gasteiger partial charge in [0.05, 0.1) is 5.60 Å². The molecule has 1 heteroatoms. The van der Waals surface area contributed by atoms with Gasteiger partial charge in [-0.25, -0.2) is 0 Å². The molecule has 74 valence electrons. The summed E-state index contributed by atoms with van der Waals surface area (Å²) < 4.78 is 0. The van der Waals surface area contributed by atoms with Crippen molar-refractivity contribution < 1.29 is 5.11 Å². The quantitative estimate of drug-likeness (QED) is 0.718. The third-order valence-corrected chi connectivity index (χ3v) is 4.04. The van der Waals surface area contributed by atoms with Gasteiger partial charge in [0.15, 0.2) is 0 Å². The Hall–Kier alpha value is -0.820. The Morgan fingerprint density at radius 2 is 2.00 bits per heavy atom. The number of benzene rings is 1. The van der Waals surface area contributed by atoms with Crippen LogP contribution in [0.3, 0.4) is 0 Å². The molecule has 2 aliphatic rings. The normalized spacial score (nSPS) is 31.2. The maximum Gasteiger partial charge on any atom is 0.0930 e.